The van der Waals surface area contributed by atoms with Crippen LogP contribution < -0.4 is 20.1 Å². The smallest absolute Gasteiger partial charge is 0.255 e. The SMILES string of the molecule is CN(C)CCCOc1ccccc1C(=O)NCc1ccc(C(=O)Nc2ccccc2OCCCCCC(=O)N2CCN(C)CC2)cc1. The molecule has 0 bridgehead atoms. The lowest BCUT2D eigenvalue weighted by molar-refractivity contribution is -0.132. The molecule has 0 aliphatic carbocycles. The quantitative estimate of drug-likeness (QED) is 0.202. The van der Waals surface area contributed by atoms with E-state index in [4.69, 9.17) is 9.47 Å². The third kappa shape index (κ3) is 11.7. The van der Waals surface area contributed by atoms with Crippen LogP contribution in [0.5, 0.6) is 11.5 Å². The number of carbonyl (C=O) groups excluding carboxylic acids is 3. The van der Waals surface area contributed by atoms with Crippen molar-refractivity contribution in [1.29, 1.82) is 0 Å². The minimum Gasteiger partial charge on any atom is -0.493 e. The summed E-state index contributed by atoms with van der Waals surface area (Å²) in [6.07, 6.45) is 4.00. The van der Waals surface area contributed by atoms with E-state index < -0.39 is 0 Å². The van der Waals surface area contributed by atoms with Crippen molar-refractivity contribution < 1.29 is 23.9 Å². The molecule has 3 aromatic rings. The fraction of sp³-hybridized carbons (Fsp3) is 0.432. The van der Waals surface area contributed by atoms with Crippen LogP contribution in [-0.2, 0) is 11.3 Å². The van der Waals surface area contributed by atoms with Crippen LogP contribution in [0, 0.1) is 0 Å². The average Bonchev–Trinajstić information content (AvgIpc) is 3.08. The molecular weight excluding hydrogens is 594 g/mol. The highest BCUT2D eigenvalue weighted by Crippen LogP contribution is 2.25. The molecule has 1 aliphatic heterocycles. The molecule has 0 spiro atoms. The fourth-order valence-corrected chi connectivity index (χ4v) is 5.24. The molecule has 1 heterocycles. The summed E-state index contributed by atoms with van der Waals surface area (Å²) < 4.78 is 11.9. The molecule has 47 heavy (non-hydrogen) atoms. The lowest BCUT2D eigenvalue weighted by Gasteiger charge is -2.32. The summed E-state index contributed by atoms with van der Waals surface area (Å²) in [5.41, 5.74) is 2.46. The van der Waals surface area contributed by atoms with E-state index in [9.17, 15) is 14.4 Å². The van der Waals surface area contributed by atoms with Gasteiger partial charge in [0.05, 0.1) is 24.5 Å². The predicted octanol–water partition coefficient (Wildman–Crippen LogP) is 4.91. The van der Waals surface area contributed by atoms with Gasteiger partial charge in [-0.3, -0.25) is 14.4 Å². The van der Waals surface area contributed by atoms with Gasteiger partial charge in [-0.15, -0.1) is 0 Å². The minimum absolute atomic E-state index is 0.217. The van der Waals surface area contributed by atoms with Gasteiger partial charge in [-0.25, -0.2) is 0 Å². The number of hydrogen-bond acceptors (Lipinski definition) is 7. The van der Waals surface area contributed by atoms with Crippen LogP contribution in [0.2, 0.25) is 0 Å². The lowest BCUT2D eigenvalue weighted by Crippen LogP contribution is -2.47. The van der Waals surface area contributed by atoms with Crippen molar-refractivity contribution >= 4 is 23.4 Å². The van der Waals surface area contributed by atoms with Crippen molar-refractivity contribution in [3.05, 3.63) is 89.5 Å². The van der Waals surface area contributed by atoms with Crippen LogP contribution in [0.4, 0.5) is 5.69 Å². The number of hydrogen-bond donors (Lipinski definition) is 2. The number of ether oxygens (including phenoxy) is 2. The molecule has 0 aromatic heterocycles. The number of anilines is 1. The minimum atomic E-state index is -0.251. The van der Waals surface area contributed by atoms with Crippen molar-refractivity contribution in [2.24, 2.45) is 0 Å². The van der Waals surface area contributed by atoms with Gasteiger partial charge in [-0.1, -0.05) is 36.4 Å². The van der Waals surface area contributed by atoms with E-state index >= 15 is 0 Å². The lowest BCUT2D eigenvalue weighted by atomic mass is 10.1. The van der Waals surface area contributed by atoms with Gasteiger partial charge in [-0.2, -0.15) is 0 Å². The largest absolute Gasteiger partial charge is 0.493 e. The molecule has 4 rings (SSSR count). The van der Waals surface area contributed by atoms with Gasteiger partial charge in [-0.05, 0) is 88.8 Å². The summed E-state index contributed by atoms with van der Waals surface area (Å²) in [6.45, 7) is 5.75. The Morgan fingerprint density at radius 3 is 2.15 bits per heavy atom. The van der Waals surface area contributed by atoms with Gasteiger partial charge in [0.2, 0.25) is 5.91 Å². The van der Waals surface area contributed by atoms with Gasteiger partial charge >= 0.3 is 0 Å². The molecule has 0 atom stereocenters. The standard InChI is InChI=1S/C37H49N5O5/c1-40(2)21-11-27-46-33-14-8-6-12-31(33)37(45)38-28-29-17-19-30(20-18-29)36(44)39-32-13-7-9-15-34(32)47-26-10-4-5-16-35(43)42-24-22-41(3)23-25-42/h6-9,12-15,17-20H,4-5,10-11,16,21-28H2,1-3H3,(H,38,45)(H,39,44). The Bertz CT molecular complexity index is 1440. The molecule has 2 N–H and O–H groups in total. The van der Waals surface area contributed by atoms with E-state index in [1.165, 1.54) is 0 Å². The molecule has 3 amide bonds. The van der Waals surface area contributed by atoms with E-state index in [0.29, 0.717) is 54.5 Å². The third-order valence-electron chi connectivity index (χ3n) is 8.09. The Morgan fingerprint density at radius 1 is 0.745 bits per heavy atom. The molecule has 252 valence electrons. The zero-order valence-electron chi connectivity index (χ0n) is 28.0. The van der Waals surface area contributed by atoms with E-state index in [-0.39, 0.29) is 17.7 Å². The number of benzene rings is 3. The van der Waals surface area contributed by atoms with Gasteiger partial charge in [0.1, 0.15) is 11.5 Å². The first kappa shape index (κ1) is 35.4. The first-order chi connectivity index (χ1) is 22.8. The number of carbonyl (C=O) groups is 3. The van der Waals surface area contributed by atoms with Crippen LogP contribution >= 0.6 is 0 Å². The van der Waals surface area contributed by atoms with E-state index in [0.717, 1.165) is 64.0 Å². The van der Waals surface area contributed by atoms with Gasteiger partial charge in [0, 0.05) is 51.3 Å². The van der Waals surface area contributed by atoms with Crippen molar-refractivity contribution in [1.82, 2.24) is 20.0 Å². The number of unbranched alkanes of at least 4 members (excludes halogenated alkanes) is 2. The molecule has 10 nitrogen and oxygen atoms in total. The summed E-state index contributed by atoms with van der Waals surface area (Å²) >= 11 is 0. The highest BCUT2D eigenvalue weighted by molar-refractivity contribution is 6.05. The maximum atomic E-state index is 13.0. The van der Waals surface area contributed by atoms with Crippen LogP contribution in [0.3, 0.4) is 0 Å². The summed E-state index contributed by atoms with van der Waals surface area (Å²) in [7, 11) is 6.12. The van der Waals surface area contributed by atoms with E-state index in [1.807, 2.05) is 73.6 Å². The number of nitrogens with zero attached hydrogens (tertiary/aromatic N) is 3. The average molecular weight is 644 g/mol. The summed E-state index contributed by atoms with van der Waals surface area (Å²) in [4.78, 5) is 44.7. The fourth-order valence-electron chi connectivity index (χ4n) is 5.24. The summed E-state index contributed by atoms with van der Waals surface area (Å²) in [5.74, 6) is 0.942. The Balaban J connectivity index is 1.19. The number of likely N-dealkylation sites (N-methyl/N-ethyl adjacent to an activating group) is 1. The highest BCUT2D eigenvalue weighted by atomic mass is 16.5. The molecule has 1 fully saturated rings. The predicted molar refractivity (Wildman–Crippen MR) is 185 cm³/mol. The Hall–Kier alpha value is -4.41. The maximum Gasteiger partial charge on any atom is 0.255 e. The normalized spacial score (nSPS) is 13.3. The second kappa shape index (κ2) is 18.7. The molecule has 3 aromatic carbocycles. The van der Waals surface area contributed by atoms with Crippen LogP contribution in [0.15, 0.2) is 72.8 Å². The first-order valence-electron chi connectivity index (χ1n) is 16.5. The van der Waals surface area contributed by atoms with Crippen LogP contribution in [0.25, 0.3) is 0 Å². The first-order valence-corrected chi connectivity index (χ1v) is 16.5. The van der Waals surface area contributed by atoms with E-state index in [2.05, 4.69) is 27.5 Å². The van der Waals surface area contributed by atoms with Crippen LogP contribution in [0.1, 0.15) is 58.4 Å². The van der Waals surface area contributed by atoms with Gasteiger partial charge in [0.15, 0.2) is 0 Å². The van der Waals surface area contributed by atoms with Crippen LogP contribution in [-0.4, -0.2) is 99.5 Å². The number of para-hydroxylation sites is 3. The third-order valence-corrected chi connectivity index (χ3v) is 8.09. The summed E-state index contributed by atoms with van der Waals surface area (Å²) in [6, 6.07) is 21.8. The van der Waals surface area contributed by atoms with Crippen molar-refractivity contribution in [2.75, 3.05) is 72.4 Å². The molecule has 0 saturated carbocycles. The van der Waals surface area contributed by atoms with E-state index in [1.54, 1.807) is 18.2 Å². The molecule has 1 saturated heterocycles. The number of amides is 3. The Kier molecular flexibility index (Phi) is 14.1. The molecule has 0 unspecified atom stereocenters. The summed E-state index contributed by atoms with van der Waals surface area (Å²) in [5, 5.41) is 5.90. The van der Waals surface area contributed by atoms with Gasteiger partial charge in [0.25, 0.3) is 11.8 Å². The zero-order valence-corrected chi connectivity index (χ0v) is 28.0. The second-order valence-electron chi connectivity index (χ2n) is 12.2. The highest BCUT2D eigenvalue weighted by Gasteiger charge is 2.18. The number of nitrogens with one attached hydrogen (secondary N) is 2. The van der Waals surface area contributed by atoms with Gasteiger partial charge < -0.3 is 34.8 Å². The zero-order chi connectivity index (χ0) is 33.4. The maximum absolute atomic E-state index is 13.0. The Labute approximate surface area is 279 Å². The molecule has 10 heteroatoms. The van der Waals surface area contributed by atoms with Crippen molar-refractivity contribution in [2.45, 2.75) is 38.6 Å². The topological polar surface area (TPSA) is 103 Å². The number of piperazine rings is 1. The second-order valence-corrected chi connectivity index (χ2v) is 12.2. The monoisotopic (exact) mass is 643 g/mol. The number of rotatable bonds is 17. The Morgan fingerprint density at radius 2 is 1.40 bits per heavy atom. The molecular formula is C37H49N5O5. The van der Waals surface area contributed by atoms with Crippen molar-refractivity contribution in [3.8, 4) is 11.5 Å². The molecule has 0 radical (unpaired) electrons. The molecule has 1 aliphatic rings. The van der Waals surface area contributed by atoms with Crippen molar-refractivity contribution in [3.63, 3.8) is 0 Å².